The Labute approximate surface area is 103 Å². The Morgan fingerprint density at radius 3 is 2.83 bits per heavy atom. The van der Waals surface area contributed by atoms with E-state index in [1.54, 1.807) is 0 Å². The van der Waals surface area contributed by atoms with Gasteiger partial charge in [-0.15, -0.1) is 0 Å². The standard InChI is InChI=1S/C12H14N2O4/c15-10-4-5-13-6-8(10)11(16)14-9-3-1-2-7(9)12(17)18/h4-7,9H,1-3H2,(H,13,15)(H,14,16)(H,17,18). The minimum Gasteiger partial charge on any atom is -0.481 e. The van der Waals surface area contributed by atoms with Crippen LogP contribution in [0.15, 0.2) is 23.3 Å². The molecule has 1 aromatic rings. The molecule has 1 saturated carbocycles. The molecule has 0 aliphatic heterocycles. The van der Waals surface area contributed by atoms with E-state index in [0.29, 0.717) is 12.8 Å². The average Bonchev–Trinajstić information content (AvgIpc) is 2.77. The van der Waals surface area contributed by atoms with Gasteiger partial charge in [0.25, 0.3) is 5.91 Å². The highest BCUT2D eigenvalue weighted by molar-refractivity contribution is 5.94. The van der Waals surface area contributed by atoms with E-state index in [0.717, 1.165) is 6.42 Å². The van der Waals surface area contributed by atoms with Crippen molar-refractivity contribution >= 4 is 11.9 Å². The minimum atomic E-state index is -0.903. The summed E-state index contributed by atoms with van der Waals surface area (Å²) in [5.74, 6) is -1.98. The summed E-state index contributed by atoms with van der Waals surface area (Å²) in [7, 11) is 0. The topological polar surface area (TPSA) is 99.3 Å². The lowest BCUT2D eigenvalue weighted by atomic mass is 10.0. The molecule has 0 bridgehead atoms. The van der Waals surface area contributed by atoms with Crippen LogP contribution >= 0.6 is 0 Å². The number of amides is 1. The van der Waals surface area contributed by atoms with Crippen molar-refractivity contribution in [3.05, 3.63) is 34.2 Å². The van der Waals surface area contributed by atoms with Gasteiger partial charge in [-0.3, -0.25) is 14.4 Å². The molecular formula is C12H14N2O4. The Morgan fingerprint density at radius 2 is 2.17 bits per heavy atom. The number of carboxylic acid groups (broad SMARTS) is 1. The SMILES string of the molecule is O=C(NC1CCCC1C(=O)O)c1c[nH]ccc1=O. The van der Waals surface area contributed by atoms with Gasteiger partial charge in [-0.05, 0) is 12.8 Å². The second-order valence-electron chi connectivity index (χ2n) is 4.38. The number of aromatic amines is 1. The van der Waals surface area contributed by atoms with Gasteiger partial charge in [-0.1, -0.05) is 6.42 Å². The van der Waals surface area contributed by atoms with Crippen LogP contribution in [0.2, 0.25) is 0 Å². The number of pyridine rings is 1. The second-order valence-corrected chi connectivity index (χ2v) is 4.38. The number of carboxylic acids is 1. The Morgan fingerprint density at radius 1 is 1.39 bits per heavy atom. The average molecular weight is 250 g/mol. The van der Waals surface area contributed by atoms with Crippen molar-refractivity contribution in [1.82, 2.24) is 10.3 Å². The van der Waals surface area contributed by atoms with Gasteiger partial charge in [-0.2, -0.15) is 0 Å². The quantitative estimate of drug-likeness (QED) is 0.721. The van der Waals surface area contributed by atoms with Gasteiger partial charge in [0, 0.05) is 24.5 Å². The number of carbonyl (C=O) groups is 2. The third kappa shape index (κ3) is 2.42. The molecule has 3 N–H and O–H groups in total. The smallest absolute Gasteiger partial charge is 0.308 e. The number of hydrogen-bond donors (Lipinski definition) is 3. The molecule has 1 fully saturated rings. The fourth-order valence-electron chi connectivity index (χ4n) is 2.27. The molecule has 1 amide bonds. The van der Waals surface area contributed by atoms with Gasteiger partial charge >= 0.3 is 5.97 Å². The molecule has 0 radical (unpaired) electrons. The Balaban J connectivity index is 2.10. The van der Waals surface area contributed by atoms with Crippen molar-refractivity contribution in [3.8, 4) is 0 Å². The van der Waals surface area contributed by atoms with Crippen LogP contribution in [0.4, 0.5) is 0 Å². The third-order valence-electron chi connectivity index (χ3n) is 3.22. The van der Waals surface area contributed by atoms with Crippen molar-refractivity contribution in [1.29, 1.82) is 0 Å². The van der Waals surface area contributed by atoms with E-state index in [1.165, 1.54) is 18.5 Å². The zero-order valence-electron chi connectivity index (χ0n) is 9.68. The monoisotopic (exact) mass is 250 g/mol. The maximum Gasteiger partial charge on any atom is 0.308 e. The molecular weight excluding hydrogens is 236 g/mol. The van der Waals surface area contributed by atoms with Gasteiger partial charge in [0.05, 0.1) is 5.92 Å². The Kier molecular flexibility index (Phi) is 3.45. The highest BCUT2D eigenvalue weighted by Gasteiger charge is 2.34. The molecule has 0 aromatic carbocycles. The van der Waals surface area contributed by atoms with Gasteiger partial charge in [0.2, 0.25) is 0 Å². The molecule has 1 aromatic heterocycles. The van der Waals surface area contributed by atoms with Crippen LogP contribution in [0.5, 0.6) is 0 Å². The number of rotatable bonds is 3. The number of carbonyl (C=O) groups excluding carboxylic acids is 1. The fourth-order valence-corrected chi connectivity index (χ4v) is 2.27. The van der Waals surface area contributed by atoms with Crippen molar-refractivity contribution in [2.24, 2.45) is 5.92 Å². The largest absolute Gasteiger partial charge is 0.481 e. The molecule has 96 valence electrons. The zero-order chi connectivity index (χ0) is 13.1. The first-order valence-corrected chi connectivity index (χ1v) is 5.80. The third-order valence-corrected chi connectivity index (χ3v) is 3.22. The van der Waals surface area contributed by atoms with E-state index >= 15 is 0 Å². The summed E-state index contributed by atoms with van der Waals surface area (Å²) in [5, 5.41) is 11.6. The van der Waals surface area contributed by atoms with Crippen LogP contribution in [0.1, 0.15) is 29.6 Å². The summed E-state index contributed by atoms with van der Waals surface area (Å²) in [4.78, 5) is 37.0. The first-order chi connectivity index (χ1) is 8.59. The van der Waals surface area contributed by atoms with Crippen molar-refractivity contribution in [2.75, 3.05) is 0 Å². The van der Waals surface area contributed by atoms with Crippen molar-refractivity contribution in [3.63, 3.8) is 0 Å². The van der Waals surface area contributed by atoms with Gasteiger partial charge in [0.15, 0.2) is 5.43 Å². The summed E-state index contributed by atoms with van der Waals surface area (Å²) >= 11 is 0. The molecule has 18 heavy (non-hydrogen) atoms. The molecule has 2 atom stereocenters. The van der Waals surface area contributed by atoms with Crippen molar-refractivity contribution < 1.29 is 14.7 Å². The van der Waals surface area contributed by atoms with Crippen LogP contribution in [-0.4, -0.2) is 28.0 Å². The number of hydrogen-bond acceptors (Lipinski definition) is 3. The predicted molar refractivity (Wildman–Crippen MR) is 63.3 cm³/mol. The summed E-state index contributed by atoms with van der Waals surface area (Å²) in [6, 6.07) is 0.868. The molecule has 2 unspecified atom stereocenters. The maximum absolute atomic E-state index is 11.9. The molecule has 6 heteroatoms. The van der Waals surface area contributed by atoms with Crippen LogP contribution in [0.3, 0.4) is 0 Å². The normalized spacial score (nSPS) is 22.7. The van der Waals surface area contributed by atoms with E-state index in [1.807, 2.05) is 0 Å². The molecule has 0 saturated heterocycles. The lowest BCUT2D eigenvalue weighted by Crippen LogP contribution is -2.41. The zero-order valence-corrected chi connectivity index (χ0v) is 9.68. The molecule has 1 heterocycles. The minimum absolute atomic E-state index is 0.00791. The Bertz CT molecular complexity index is 523. The van der Waals surface area contributed by atoms with Crippen LogP contribution in [-0.2, 0) is 4.79 Å². The van der Waals surface area contributed by atoms with E-state index in [4.69, 9.17) is 5.11 Å². The molecule has 2 rings (SSSR count). The van der Waals surface area contributed by atoms with Gasteiger partial charge in [0.1, 0.15) is 5.56 Å². The second kappa shape index (κ2) is 5.03. The van der Waals surface area contributed by atoms with E-state index in [2.05, 4.69) is 10.3 Å². The van der Waals surface area contributed by atoms with E-state index in [9.17, 15) is 14.4 Å². The number of nitrogens with one attached hydrogen (secondary N) is 2. The number of H-pyrrole nitrogens is 1. The first-order valence-electron chi connectivity index (χ1n) is 5.80. The fraction of sp³-hybridized carbons (Fsp3) is 0.417. The molecule has 6 nitrogen and oxygen atoms in total. The summed E-state index contributed by atoms with van der Waals surface area (Å²) in [5.41, 5.74) is -0.371. The highest BCUT2D eigenvalue weighted by atomic mass is 16.4. The lowest BCUT2D eigenvalue weighted by Gasteiger charge is -2.17. The summed E-state index contributed by atoms with van der Waals surface area (Å²) in [6.45, 7) is 0. The lowest BCUT2D eigenvalue weighted by molar-refractivity contribution is -0.142. The molecule has 1 aliphatic rings. The van der Waals surface area contributed by atoms with Gasteiger partial charge in [-0.25, -0.2) is 0 Å². The van der Waals surface area contributed by atoms with Crippen molar-refractivity contribution in [2.45, 2.75) is 25.3 Å². The summed E-state index contributed by atoms with van der Waals surface area (Å²) < 4.78 is 0. The summed E-state index contributed by atoms with van der Waals surface area (Å²) in [6.07, 6.45) is 4.73. The molecule has 0 spiro atoms. The predicted octanol–water partition coefficient (Wildman–Crippen LogP) is 0.358. The molecule has 1 aliphatic carbocycles. The van der Waals surface area contributed by atoms with E-state index < -0.39 is 23.8 Å². The van der Waals surface area contributed by atoms with Gasteiger partial charge < -0.3 is 15.4 Å². The van der Waals surface area contributed by atoms with E-state index in [-0.39, 0.29) is 11.0 Å². The van der Waals surface area contributed by atoms with Crippen LogP contribution in [0.25, 0.3) is 0 Å². The number of aliphatic carboxylic acids is 1. The maximum atomic E-state index is 11.9. The van der Waals surface area contributed by atoms with Crippen LogP contribution < -0.4 is 10.7 Å². The number of aromatic nitrogens is 1. The first kappa shape index (κ1) is 12.3. The highest BCUT2D eigenvalue weighted by Crippen LogP contribution is 2.25. The Hall–Kier alpha value is -2.11. The van der Waals surface area contributed by atoms with Crippen LogP contribution in [0, 0.1) is 5.92 Å².